The molecule has 2 rings (SSSR count). The molecule has 8 nitrogen and oxygen atoms in total. The molecule has 1 aromatic carbocycles. The molecule has 0 aliphatic heterocycles. The van der Waals surface area contributed by atoms with E-state index in [-0.39, 0.29) is 21.1 Å². The van der Waals surface area contributed by atoms with Gasteiger partial charge in [-0.2, -0.15) is 0 Å². The van der Waals surface area contributed by atoms with Gasteiger partial charge in [0.25, 0.3) is 15.7 Å². The first-order valence-corrected chi connectivity index (χ1v) is 7.75. The number of nitro benzene ring substituents is 1. The number of rotatable bonds is 5. The molecule has 21 heavy (non-hydrogen) atoms. The number of nitro groups is 1. The molecule has 1 heterocycles. The number of carboxylic acid groups (broad SMARTS) is 1. The predicted molar refractivity (Wildman–Crippen MR) is 75.2 cm³/mol. The van der Waals surface area contributed by atoms with Gasteiger partial charge in [0.05, 0.1) is 16.2 Å². The number of thiophene rings is 1. The number of non-ortho nitro benzene ring substituents is 1. The number of nitrogens with zero attached hydrogens (tertiary/aromatic N) is 1. The van der Waals surface area contributed by atoms with Crippen LogP contribution in [0.25, 0.3) is 0 Å². The highest BCUT2D eigenvalue weighted by molar-refractivity contribution is 7.94. The van der Waals surface area contributed by atoms with Gasteiger partial charge in [0.1, 0.15) is 4.21 Å². The first-order valence-electron chi connectivity index (χ1n) is 5.39. The van der Waals surface area contributed by atoms with E-state index in [0.29, 0.717) is 0 Å². The number of sulfonamides is 1. The third kappa shape index (κ3) is 3.35. The number of hydrogen-bond donors (Lipinski definition) is 2. The lowest BCUT2D eigenvalue weighted by molar-refractivity contribution is -0.384. The van der Waals surface area contributed by atoms with Crippen LogP contribution in [0.4, 0.5) is 11.4 Å². The average Bonchev–Trinajstić information content (AvgIpc) is 2.89. The Bertz CT molecular complexity index is 812. The van der Waals surface area contributed by atoms with E-state index in [0.717, 1.165) is 23.5 Å². The third-order valence-corrected chi connectivity index (χ3v) is 5.22. The van der Waals surface area contributed by atoms with Crippen LogP contribution in [0.5, 0.6) is 0 Å². The van der Waals surface area contributed by atoms with Crippen LogP contribution in [0.2, 0.25) is 0 Å². The Morgan fingerprint density at radius 2 is 2.05 bits per heavy atom. The van der Waals surface area contributed by atoms with Crippen molar-refractivity contribution in [2.45, 2.75) is 4.21 Å². The molecule has 0 radical (unpaired) electrons. The molecule has 2 aromatic rings. The highest BCUT2D eigenvalue weighted by Gasteiger charge is 2.19. The van der Waals surface area contributed by atoms with E-state index >= 15 is 0 Å². The minimum atomic E-state index is -3.99. The molecular weight excluding hydrogens is 320 g/mol. The summed E-state index contributed by atoms with van der Waals surface area (Å²) < 4.78 is 26.1. The standard InChI is InChI=1S/C11H8N2O6S2/c14-11(15)7-4-10(20-6-7)21(18,19)12-8-2-1-3-9(5-8)13(16)17/h1-6,12H,(H,14,15). The number of benzene rings is 1. The normalized spacial score (nSPS) is 11.0. The molecule has 0 spiro atoms. The topological polar surface area (TPSA) is 127 Å². The van der Waals surface area contributed by atoms with Crippen LogP contribution in [0.1, 0.15) is 10.4 Å². The zero-order valence-corrected chi connectivity index (χ0v) is 11.8. The predicted octanol–water partition coefficient (Wildman–Crippen LogP) is 2.16. The van der Waals surface area contributed by atoms with Crippen LogP contribution in [0.15, 0.2) is 39.9 Å². The fraction of sp³-hybridized carbons (Fsp3) is 0. The van der Waals surface area contributed by atoms with Crippen molar-refractivity contribution in [1.29, 1.82) is 0 Å². The van der Waals surface area contributed by atoms with E-state index in [1.807, 2.05) is 0 Å². The Morgan fingerprint density at radius 3 is 2.62 bits per heavy atom. The Balaban J connectivity index is 2.30. The molecule has 0 atom stereocenters. The third-order valence-electron chi connectivity index (χ3n) is 2.40. The maximum atomic E-state index is 12.1. The fourth-order valence-corrected chi connectivity index (χ4v) is 3.66. The van der Waals surface area contributed by atoms with Crippen LogP contribution in [0.3, 0.4) is 0 Å². The van der Waals surface area contributed by atoms with Crippen molar-refractivity contribution in [1.82, 2.24) is 0 Å². The summed E-state index contributed by atoms with van der Waals surface area (Å²) in [6.45, 7) is 0. The van der Waals surface area contributed by atoms with Gasteiger partial charge in [-0.3, -0.25) is 14.8 Å². The van der Waals surface area contributed by atoms with Gasteiger partial charge in [-0.1, -0.05) is 6.07 Å². The zero-order valence-electron chi connectivity index (χ0n) is 10.2. The summed E-state index contributed by atoms with van der Waals surface area (Å²) in [4.78, 5) is 20.7. The number of anilines is 1. The largest absolute Gasteiger partial charge is 0.478 e. The summed E-state index contributed by atoms with van der Waals surface area (Å²) in [7, 11) is -3.99. The Morgan fingerprint density at radius 1 is 1.33 bits per heavy atom. The maximum Gasteiger partial charge on any atom is 0.336 e. The summed E-state index contributed by atoms with van der Waals surface area (Å²) in [6, 6.07) is 6.02. The molecule has 0 saturated carbocycles. The van der Waals surface area contributed by atoms with Crippen LogP contribution >= 0.6 is 11.3 Å². The monoisotopic (exact) mass is 328 g/mol. The molecule has 0 bridgehead atoms. The first-order chi connectivity index (χ1) is 9.79. The summed E-state index contributed by atoms with van der Waals surface area (Å²) in [5, 5.41) is 20.6. The Kier molecular flexibility index (Phi) is 3.91. The quantitative estimate of drug-likeness (QED) is 0.639. The molecule has 110 valence electrons. The van der Waals surface area contributed by atoms with Gasteiger partial charge in [0.2, 0.25) is 0 Å². The van der Waals surface area contributed by atoms with E-state index in [1.165, 1.54) is 23.6 Å². The molecule has 0 aliphatic rings. The van der Waals surface area contributed by atoms with Crippen molar-refractivity contribution in [2.24, 2.45) is 0 Å². The minimum Gasteiger partial charge on any atom is -0.478 e. The SMILES string of the molecule is O=C(O)c1csc(S(=O)(=O)Nc2cccc([N+](=O)[O-])c2)c1. The van der Waals surface area contributed by atoms with Gasteiger partial charge >= 0.3 is 5.97 Å². The summed E-state index contributed by atoms with van der Waals surface area (Å²) >= 11 is 0.749. The minimum absolute atomic E-state index is 0.0227. The Hall–Kier alpha value is -2.46. The summed E-state index contributed by atoms with van der Waals surface area (Å²) in [5.74, 6) is -1.23. The van der Waals surface area contributed by atoms with Crippen molar-refractivity contribution in [3.8, 4) is 0 Å². The molecule has 0 aliphatic carbocycles. The van der Waals surface area contributed by atoms with Gasteiger partial charge in [0, 0.05) is 17.5 Å². The van der Waals surface area contributed by atoms with Gasteiger partial charge in [0.15, 0.2) is 0 Å². The molecule has 1 aromatic heterocycles. The van der Waals surface area contributed by atoms with Crippen LogP contribution in [0, 0.1) is 10.1 Å². The van der Waals surface area contributed by atoms with E-state index in [9.17, 15) is 23.3 Å². The van der Waals surface area contributed by atoms with Crippen molar-refractivity contribution >= 4 is 38.7 Å². The number of carboxylic acids is 1. The number of aromatic carboxylic acids is 1. The average molecular weight is 328 g/mol. The lowest BCUT2D eigenvalue weighted by Crippen LogP contribution is -2.11. The molecule has 0 unspecified atom stereocenters. The molecular formula is C11H8N2O6S2. The highest BCUT2D eigenvalue weighted by atomic mass is 32.2. The second-order valence-electron chi connectivity index (χ2n) is 3.87. The Labute approximate surface area is 122 Å². The van der Waals surface area contributed by atoms with Crippen LogP contribution in [-0.2, 0) is 10.0 Å². The van der Waals surface area contributed by atoms with Crippen molar-refractivity contribution in [3.05, 3.63) is 51.4 Å². The molecule has 10 heteroatoms. The zero-order chi connectivity index (χ0) is 15.6. The first kappa shape index (κ1) is 14.9. The molecule has 2 N–H and O–H groups in total. The molecule has 0 amide bonds. The van der Waals surface area contributed by atoms with Gasteiger partial charge in [-0.05, 0) is 12.1 Å². The second-order valence-corrected chi connectivity index (χ2v) is 6.69. The second kappa shape index (κ2) is 5.50. The van der Waals surface area contributed by atoms with Crippen LogP contribution < -0.4 is 4.72 Å². The number of carbonyl (C=O) groups is 1. The van der Waals surface area contributed by atoms with Gasteiger partial charge in [-0.25, -0.2) is 13.2 Å². The van der Waals surface area contributed by atoms with Gasteiger partial charge < -0.3 is 5.11 Å². The van der Waals surface area contributed by atoms with Crippen LogP contribution in [-0.4, -0.2) is 24.4 Å². The molecule has 0 saturated heterocycles. The van der Waals surface area contributed by atoms with Gasteiger partial charge in [-0.15, -0.1) is 11.3 Å². The maximum absolute atomic E-state index is 12.1. The van der Waals surface area contributed by atoms with E-state index in [1.54, 1.807) is 0 Å². The lowest BCUT2D eigenvalue weighted by Gasteiger charge is -2.05. The fourth-order valence-electron chi connectivity index (χ4n) is 1.46. The molecule has 0 fully saturated rings. The van der Waals surface area contributed by atoms with E-state index in [2.05, 4.69) is 4.72 Å². The summed E-state index contributed by atoms with van der Waals surface area (Å²) in [5.41, 5.74) is -0.374. The van der Waals surface area contributed by atoms with E-state index in [4.69, 9.17) is 5.11 Å². The number of hydrogen-bond acceptors (Lipinski definition) is 6. The smallest absolute Gasteiger partial charge is 0.336 e. The van der Waals surface area contributed by atoms with Crippen molar-refractivity contribution in [3.63, 3.8) is 0 Å². The van der Waals surface area contributed by atoms with E-state index < -0.39 is 20.9 Å². The number of nitrogens with one attached hydrogen (secondary N) is 1. The highest BCUT2D eigenvalue weighted by Crippen LogP contribution is 2.24. The van der Waals surface area contributed by atoms with Crippen molar-refractivity contribution < 1.29 is 23.2 Å². The summed E-state index contributed by atoms with van der Waals surface area (Å²) in [6.07, 6.45) is 0. The van der Waals surface area contributed by atoms with Crippen molar-refractivity contribution in [2.75, 3.05) is 4.72 Å². The lowest BCUT2D eigenvalue weighted by atomic mass is 10.3.